The van der Waals surface area contributed by atoms with Crippen LogP contribution in [-0.4, -0.2) is 17.4 Å². The molecule has 0 spiro atoms. The number of aromatic nitrogens is 1. The quantitative estimate of drug-likeness (QED) is 0.881. The number of halogens is 1. The van der Waals surface area contributed by atoms with E-state index < -0.39 is 0 Å². The monoisotopic (exact) mass is 303 g/mol. The first-order chi connectivity index (χ1) is 8.75. The average Bonchev–Trinajstić information content (AvgIpc) is 2.38. The second kappa shape index (κ2) is 4.42. The van der Waals surface area contributed by atoms with E-state index in [0.717, 1.165) is 21.7 Å². The summed E-state index contributed by atoms with van der Waals surface area (Å²) in [6.45, 7) is 0.270. The molecule has 2 heterocycles. The van der Waals surface area contributed by atoms with Crippen LogP contribution >= 0.6 is 15.9 Å². The lowest BCUT2D eigenvalue weighted by atomic mass is 10.2. The SMILES string of the molecule is O=C1CN(c2ncccc2Br)c2ccccc2N1. The molecule has 18 heavy (non-hydrogen) atoms. The minimum Gasteiger partial charge on any atom is -0.323 e. The van der Waals surface area contributed by atoms with E-state index in [2.05, 4.69) is 26.2 Å². The van der Waals surface area contributed by atoms with E-state index in [1.165, 1.54) is 0 Å². The number of amides is 1. The molecule has 0 bridgehead atoms. The number of carbonyl (C=O) groups is 1. The van der Waals surface area contributed by atoms with E-state index in [-0.39, 0.29) is 12.5 Å². The van der Waals surface area contributed by atoms with E-state index in [4.69, 9.17) is 0 Å². The van der Waals surface area contributed by atoms with E-state index >= 15 is 0 Å². The Morgan fingerprint density at radius 3 is 2.89 bits per heavy atom. The molecule has 0 fully saturated rings. The van der Waals surface area contributed by atoms with Crippen molar-refractivity contribution in [1.82, 2.24) is 4.98 Å². The fourth-order valence-corrected chi connectivity index (χ4v) is 2.47. The molecule has 1 aliphatic heterocycles. The van der Waals surface area contributed by atoms with Gasteiger partial charge in [0.15, 0.2) is 0 Å². The van der Waals surface area contributed by atoms with Crippen molar-refractivity contribution in [2.45, 2.75) is 0 Å². The first-order valence-corrected chi connectivity index (χ1v) is 6.32. The van der Waals surface area contributed by atoms with Crippen molar-refractivity contribution < 1.29 is 4.79 Å². The number of hydrogen-bond acceptors (Lipinski definition) is 3. The summed E-state index contributed by atoms with van der Waals surface area (Å²) in [5, 5.41) is 2.86. The van der Waals surface area contributed by atoms with Crippen molar-refractivity contribution in [3.8, 4) is 0 Å². The Bertz CT molecular complexity index is 615. The Morgan fingerprint density at radius 2 is 2.06 bits per heavy atom. The molecule has 2 aromatic rings. The summed E-state index contributed by atoms with van der Waals surface area (Å²) < 4.78 is 0.870. The van der Waals surface area contributed by atoms with Crippen LogP contribution in [0.5, 0.6) is 0 Å². The summed E-state index contributed by atoms with van der Waals surface area (Å²) in [4.78, 5) is 18.0. The van der Waals surface area contributed by atoms with Crippen LogP contribution in [0.4, 0.5) is 17.2 Å². The van der Waals surface area contributed by atoms with Crippen LogP contribution in [0.25, 0.3) is 0 Å². The summed E-state index contributed by atoms with van der Waals surface area (Å²) in [6, 6.07) is 11.5. The van der Waals surface area contributed by atoms with Crippen molar-refractivity contribution >= 4 is 39.0 Å². The van der Waals surface area contributed by atoms with Gasteiger partial charge in [0.25, 0.3) is 0 Å². The van der Waals surface area contributed by atoms with Crippen molar-refractivity contribution in [2.75, 3.05) is 16.8 Å². The standard InChI is InChI=1S/C13H10BrN3O/c14-9-4-3-7-15-13(9)17-8-12(18)16-10-5-1-2-6-11(10)17/h1-7H,8H2,(H,16,18). The third-order valence-corrected chi connectivity index (χ3v) is 3.38. The normalized spacial score (nSPS) is 14.1. The van der Waals surface area contributed by atoms with Crippen molar-refractivity contribution in [1.29, 1.82) is 0 Å². The predicted molar refractivity (Wildman–Crippen MR) is 74.0 cm³/mol. The van der Waals surface area contributed by atoms with E-state index in [9.17, 15) is 4.79 Å². The van der Waals surface area contributed by atoms with Gasteiger partial charge in [-0.05, 0) is 40.2 Å². The Labute approximate surface area is 113 Å². The molecule has 3 rings (SSSR count). The fourth-order valence-electron chi connectivity index (χ4n) is 2.00. The molecule has 1 aromatic heterocycles. The molecule has 0 saturated carbocycles. The van der Waals surface area contributed by atoms with E-state index in [1.54, 1.807) is 6.20 Å². The van der Waals surface area contributed by atoms with Crippen LogP contribution < -0.4 is 10.2 Å². The number of carbonyl (C=O) groups excluding carboxylic acids is 1. The molecule has 5 heteroatoms. The summed E-state index contributed by atoms with van der Waals surface area (Å²) in [6.07, 6.45) is 1.72. The molecule has 0 atom stereocenters. The highest BCUT2D eigenvalue weighted by atomic mass is 79.9. The van der Waals surface area contributed by atoms with Gasteiger partial charge >= 0.3 is 0 Å². The Hall–Kier alpha value is -1.88. The van der Waals surface area contributed by atoms with Gasteiger partial charge in [0, 0.05) is 6.20 Å². The predicted octanol–water partition coefficient (Wildman–Crippen LogP) is 2.93. The molecule has 1 N–H and O–H groups in total. The molecule has 0 aliphatic carbocycles. The molecule has 0 unspecified atom stereocenters. The van der Waals surface area contributed by atoms with Crippen molar-refractivity contribution in [3.63, 3.8) is 0 Å². The number of rotatable bonds is 1. The number of para-hydroxylation sites is 2. The van der Waals surface area contributed by atoms with Crippen LogP contribution in [-0.2, 0) is 4.79 Å². The zero-order valence-electron chi connectivity index (χ0n) is 9.43. The zero-order valence-corrected chi connectivity index (χ0v) is 11.0. The van der Waals surface area contributed by atoms with Crippen LogP contribution in [0.15, 0.2) is 47.1 Å². The second-order valence-corrected chi connectivity index (χ2v) is 4.81. The van der Waals surface area contributed by atoms with Gasteiger partial charge in [-0.3, -0.25) is 4.79 Å². The maximum absolute atomic E-state index is 11.7. The van der Waals surface area contributed by atoms with Crippen molar-refractivity contribution in [2.24, 2.45) is 0 Å². The summed E-state index contributed by atoms with van der Waals surface area (Å²) in [5.74, 6) is 0.714. The maximum Gasteiger partial charge on any atom is 0.244 e. The summed E-state index contributed by atoms with van der Waals surface area (Å²) in [7, 11) is 0. The number of nitrogens with one attached hydrogen (secondary N) is 1. The molecular formula is C13H10BrN3O. The third-order valence-electron chi connectivity index (χ3n) is 2.77. The van der Waals surface area contributed by atoms with Gasteiger partial charge in [0.2, 0.25) is 5.91 Å². The Morgan fingerprint density at radius 1 is 1.22 bits per heavy atom. The molecule has 1 aromatic carbocycles. The molecule has 1 aliphatic rings. The maximum atomic E-state index is 11.7. The lowest BCUT2D eigenvalue weighted by molar-refractivity contribution is -0.115. The first-order valence-electron chi connectivity index (χ1n) is 5.52. The van der Waals surface area contributed by atoms with Gasteiger partial charge in [-0.1, -0.05) is 12.1 Å². The van der Waals surface area contributed by atoms with E-state index in [0.29, 0.717) is 0 Å². The highest BCUT2D eigenvalue weighted by molar-refractivity contribution is 9.10. The third kappa shape index (κ3) is 1.86. The summed E-state index contributed by atoms with van der Waals surface area (Å²) >= 11 is 3.47. The van der Waals surface area contributed by atoms with Gasteiger partial charge in [-0.2, -0.15) is 0 Å². The highest BCUT2D eigenvalue weighted by Gasteiger charge is 2.24. The number of nitrogens with zero attached hydrogens (tertiary/aromatic N) is 2. The Balaban J connectivity index is 2.13. The Kier molecular flexibility index (Phi) is 2.76. The van der Waals surface area contributed by atoms with Crippen LogP contribution in [0, 0.1) is 0 Å². The van der Waals surface area contributed by atoms with E-state index in [1.807, 2.05) is 41.3 Å². The van der Waals surface area contributed by atoms with Crippen LogP contribution in [0.1, 0.15) is 0 Å². The average molecular weight is 304 g/mol. The lowest BCUT2D eigenvalue weighted by Gasteiger charge is -2.30. The smallest absolute Gasteiger partial charge is 0.244 e. The number of fused-ring (bicyclic) bond motifs is 1. The minimum atomic E-state index is -0.0359. The van der Waals surface area contributed by atoms with Gasteiger partial charge in [0.1, 0.15) is 12.4 Å². The zero-order chi connectivity index (χ0) is 12.5. The summed E-state index contributed by atoms with van der Waals surface area (Å²) in [5.41, 5.74) is 1.77. The first kappa shape index (κ1) is 11.2. The van der Waals surface area contributed by atoms with Gasteiger partial charge in [-0.15, -0.1) is 0 Å². The second-order valence-electron chi connectivity index (χ2n) is 3.96. The van der Waals surface area contributed by atoms with Crippen molar-refractivity contribution in [3.05, 3.63) is 47.1 Å². The van der Waals surface area contributed by atoms with Crippen LogP contribution in [0.3, 0.4) is 0 Å². The molecule has 0 radical (unpaired) electrons. The largest absolute Gasteiger partial charge is 0.323 e. The molecule has 90 valence electrons. The van der Waals surface area contributed by atoms with Gasteiger partial charge in [-0.25, -0.2) is 4.98 Å². The fraction of sp³-hybridized carbons (Fsp3) is 0.0769. The molecule has 4 nitrogen and oxygen atoms in total. The number of benzene rings is 1. The number of hydrogen-bond donors (Lipinski definition) is 1. The highest BCUT2D eigenvalue weighted by Crippen LogP contribution is 2.36. The number of anilines is 3. The lowest BCUT2D eigenvalue weighted by Crippen LogP contribution is -2.35. The molecule has 0 saturated heterocycles. The van der Waals surface area contributed by atoms with Crippen LogP contribution in [0.2, 0.25) is 0 Å². The minimum absolute atomic E-state index is 0.0359. The number of pyridine rings is 1. The molecule has 1 amide bonds. The topological polar surface area (TPSA) is 45.2 Å². The van der Waals surface area contributed by atoms with Gasteiger partial charge in [0.05, 0.1) is 15.8 Å². The molecular weight excluding hydrogens is 294 g/mol. The van der Waals surface area contributed by atoms with Gasteiger partial charge < -0.3 is 10.2 Å².